The van der Waals surface area contributed by atoms with Gasteiger partial charge in [-0.2, -0.15) is 0 Å². The minimum atomic E-state index is -1.14. The summed E-state index contributed by atoms with van der Waals surface area (Å²) in [5.41, 5.74) is 1.49. The van der Waals surface area contributed by atoms with Crippen molar-refractivity contribution in [3.05, 3.63) is 62.1 Å². The first-order chi connectivity index (χ1) is 9.88. The first-order valence-electron chi connectivity index (χ1n) is 5.93. The van der Waals surface area contributed by atoms with Crippen molar-refractivity contribution in [2.24, 2.45) is 0 Å². The van der Waals surface area contributed by atoms with E-state index in [2.05, 4.69) is 21.2 Å². The number of rotatable bonds is 4. The molecule has 0 saturated heterocycles. The van der Waals surface area contributed by atoms with Gasteiger partial charge in [0.25, 0.3) is 5.69 Å². The molecule has 0 amide bonds. The molecule has 2 rings (SSSR count). The van der Waals surface area contributed by atoms with Crippen LogP contribution in [0.4, 0.5) is 17.1 Å². The highest BCUT2D eigenvalue weighted by Gasteiger charge is 2.17. The molecular weight excluding hydrogens is 340 g/mol. The van der Waals surface area contributed by atoms with Crippen LogP contribution >= 0.6 is 15.9 Å². The maximum Gasteiger partial charge on any atom is 0.335 e. The lowest BCUT2D eigenvalue weighted by atomic mass is 10.1. The number of aromatic carboxylic acids is 1. The van der Waals surface area contributed by atoms with Crippen molar-refractivity contribution in [1.29, 1.82) is 0 Å². The number of aryl methyl sites for hydroxylation is 1. The molecule has 2 aromatic carbocycles. The molecule has 21 heavy (non-hydrogen) atoms. The fourth-order valence-corrected chi connectivity index (χ4v) is 2.16. The zero-order valence-electron chi connectivity index (χ0n) is 11.0. The second-order valence-corrected chi connectivity index (χ2v) is 5.29. The summed E-state index contributed by atoms with van der Waals surface area (Å²) in [5, 5.41) is 23.0. The molecule has 0 atom stereocenters. The minimum absolute atomic E-state index is 0.0178. The lowest BCUT2D eigenvalue weighted by Gasteiger charge is -2.11. The molecule has 0 saturated carbocycles. The van der Waals surface area contributed by atoms with Crippen LogP contribution in [0.3, 0.4) is 0 Å². The summed E-state index contributed by atoms with van der Waals surface area (Å²) < 4.78 is 0.813. The second-order valence-electron chi connectivity index (χ2n) is 4.38. The van der Waals surface area contributed by atoms with Gasteiger partial charge >= 0.3 is 5.97 Å². The molecule has 2 N–H and O–H groups in total. The van der Waals surface area contributed by atoms with Crippen molar-refractivity contribution in [2.75, 3.05) is 5.32 Å². The molecule has 0 aliphatic heterocycles. The third-order valence-corrected chi connectivity index (χ3v) is 3.40. The summed E-state index contributed by atoms with van der Waals surface area (Å²) >= 11 is 3.33. The molecule has 0 aliphatic rings. The SMILES string of the molecule is Cc1ccc(Br)cc1Nc1cc(C(=O)O)ccc1[N+](=O)[O-]. The molecule has 2 aromatic rings. The van der Waals surface area contributed by atoms with Crippen molar-refractivity contribution in [3.63, 3.8) is 0 Å². The number of nitro benzene ring substituents is 1. The Morgan fingerprint density at radius 1 is 1.24 bits per heavy atom. The number of carboxylic acid groups (broad SMARTS) is 1. The Morgan fingerprint density at radius 2 is 1.95 bits per heavy atom. The number of nitro groups is 1. The maximum absolute atomic E-state index is 11.1. The first-order valence-corrected chi connectivity index (χ1v) is 6.72. The number of benzene rings is 2. The number of anilines is 2. The first kappa shape index (κ1) is 15.0. The molecule has 6 nitrogen and oxygen atoms in total. The Hall–Kier alpha value is -2.41. The van der Waals surface area contributed by atoms with Crippen LogP contribution in [0.1, 0.15) is 15.9 Å². The fourth-order valence-electron chi connectivity index (χ4n) is 1.80. The Morgan fingerprint density at radius 3 is 2.57 bits per heavy atom. The van der Waals surface area contributed by atoms with Gasteiger partial charge in [-0.25, -0.2) is 4.79 Å². The molecule has 0 fully saturated rings. The van der Waals surface area contributed by atoms with Crippen LogP contribution in [0.15, 0.2) is 40.9 Å². The zero-order chi connectivity index (χ0) is 15.6. The summed E-state index contributed by atoms with van der Waals surface area (Å²) in [6, 6.07) is 9.10. The zero-order valence-corrected chi connectivity index (χ0v) is 12.5. The van der Waals surface area contributed by atoms with Gasteiger partial charge in [0, 0.05) is 16.2 Å². The topological polar surface area (TPSA) is 92.5 Å². The predicted molar refractivity (Wildman–Crippen MR) is 82.2 cm³/mol. The van der Waals surface area contributed by atoms with Gasteiger partial charge in [-0.1, -0.05) is 22.0 Å². The van der Waals surface area contributed by atoms with E-state index < -0.39 is 10.9 Å². The standard InChI is InChI=1S/C14H11BrN2O4/c1-8-2-4-10(15)7-11(8)16-12-6-9(14(18)19)3-5-13(12)17(20)21/h2-7,16H,1H3,(H,18,19). The number of hydrogen-bond donors (Lipinski definition) is 2. The number of nitrogens with one attached hydrogen (secondary N) is 1. The van der Waals surface area contributed by atoms with E-state index in [4.69, 9.17) is 5.11 Å². The van der Waals surface area contributed by atoms with E-state index in [1.165, 1.54) is 18.2 Å². The predicted octanol–water partition coefficient (Wildman–Crippen LogP) is 4.11. The fraction of sp³-hybridized carbons (Fsp3) is 0.0714. The van der Waals surface area contributed by atoms with E-state index in [1.54, 1.807) is 6.07 Å². The number of nitrogens with zero attached hydrogens (tertiary/aromatic N) is 1. The largest absolute Gasteiger partial charge is 0.478 e. The Labute approximate surface area is 128 Å². The van der Waals surface area contributed by atoms with Crippen LogP contribution in [-0.4, -0.2) is 16.0 Å². The smallest absolute Gasteiger partial charge is 0.335 e. The van der Waals surface area contributed by atoms with Gasteiger partial charge < -0.3 is 10.4 Å². The molecule has 0 unspecified atom stereocenters. The molecule has 0 aliphatic carbocycles. The molecule has 0 bridgehead atoms. The number of halogens is 1. The summed E-state index contributed by atoms with van der Waals surface area (Å²) in [4.78, 5) is 21.5. The summed E-state index contributed by atoms with van der Waals surface area (Å²) in [5.74, 6) is -1.14. The molecule has 7 heteroatoms. The van der Waals surface area contributed by atoms with Gasteiger partial charge in [0.2, 0.25) is 0 Å². The third kappa shape index (κ3) is 3.38. The lowest BCUT2D eigenvalue weighted by molar-refractivity contribution is -0.383. The van der Waals surface area contributed by atoms with Gasteiger partial charge in [0.05, 0.1) is 10.5 Å². The monoisotopic (exact) mass is 350 g/mol. The van der Waals surface area contributed by atoms with Crippen LogP contribution in [-0.2, 0) is 0 Å². The van der Waals surface area contributed by atoms with E-state index in [-0.39, 0.29) is 16.9 Å². The quantitative estimate of drug-likeness (QED) is 0.639. The van der Waals surface area contributed by atoms with E-state index in [9.17, 15) is 14.9 Å². The van der Waals surface area contributed by atoms with Crippen LogP contribution in [0.5, 0.6) is 0 Å². The molecule has 0 aromatic heterocycles. The Kier molecular flexibility index (Phi) is 4.23. The van der Waals surface area contributed by atoms with Gasteiger partial charge in [-0.3, -0.25) is 10.1 Å². The second kappa shape index (κ2) is 5.92. The highest BCUT2D eigenvalue weighted by atomic mass is 79.9. The van der Waals surface area contributed by atoms with Gasteiger partial charge in [-0.15, -0.1) is 0 Å². The van der Waals surface area contributed by atoms with Gasteiger partial charge in [0.1, 0.15) is 5.69 Å². The normalized spacial score (nSPS) is 10.2. The molecule has 0 heterocycles. The molecular formula is C14H11BrN2O4. The highest BCUT2D eigenvalue weighted by Crippen LogP contribution is 2.31. The van der Waals surface area contributed by atoms with E-state index in [1.807, 2.05) is 19.1 Å². The van der Waals surface area contributed by atoms with Crippen molar-refractivity contribution in [2.45, 2.75) is 6.92 Å². The van der Waals surface area contributed by atoms with Crippen LogP contribution in [0, 0.1) is 17.0 Å². The van der Waals surface area contributed by atoms with Crippen LogP contribution < -0.4 is 5.32 Å². The van der Waals surface area contributed by atoms with Crippen LogP contribution in [0.2, 0.25) is 0 Å². The Balaban J connectivity index is 2.50. The van der Waals surface area contributed by atoms with Gasteiger partial charge in [-0.05, 0) is 36.8 Å². The minimum Gasteiger partial charge on any atom is -0.478 e. The number of carboxylic acids is 1. The molecule has 0 spiro atoms. The van der Waals surface area contributed by atoms with E-state index in [0.29, 0.717) is 5.69 Å². The highest BCUT2D eigenvalue weighted by molar-refractivity contribution is 9.10. The van der Waals surface area contributed by atoms with Crippen molar-refractivity contribution >= 4 is 39.0 Å². The summed E-state index contributed by atoms with van der Waals surface area (Å²) in [6.07, 6.45) is 0. The average molecular weight is 351 g/mol. The number of carbonyl (C=O) groups is 1. The third-order valence-electron chi connectivity index (χ3n) is 2.91. The van der Waals surface area contributed by atoms with Crippen molar-refractivity contribution in [1.82, 2.24) is 0 Å². The van der Waals surface area contributed by atoms with Gasteiger partial charge in [0.15, 0.2) is 0 Å². The maximum atomic E-state index is 11.1. The number of hydrogen-bond acceptors (Lipinski definition) is 4. The van der Waals surface area contributed by atoms with E-state index >= 15 is 0 Å². The van der Waals surface area contributed by atoms with E-state index in [0.717, 1.165) is 10.0 Å². The average Bonchev–Trinajstić information content (AvgIpc) is 2.42. The summed E-state index contributed by atoms with van der Waals surface area (Å²) in [7, 11) is 0. The Bertz CT molecular complexity index is 731. The van der Waals surface area contributed by atoms with Crippen molar-refractivity contribution in [3.8, 4) is 0 Å². The summed E-state index contributed by atoms with van der Waals surface area (Å²) in [6.45, 7) is 1.85. The molecule has 108 valence electrons. The lowest BCUT2D eigenvalue weighted by Crippen LogP contribution is -2.02. The molecule has 0 radical (unpaired) electrons. The van der Waals surface area contributed by atoms with Crippen LogP contribution in [0.25, 0.3) is 0 Å². The van der Waals surface area contributed by atoms with Crippen molar-refractivity contribution < 1.29 is 14.8 Å².